The van der Waals surface area contributed by atoms with E-state index in [1.807, 2.05) is 17.6 Å². The Labute approximate surface area is 162 Å². The summed E-state index contributed by atoms with van der Waals surface area (Å²) in [6.45, 7) is 1.87. The lowest BCUT2D eigenvalue weighted by Crippen LogP contribution is -2.35. The number of para-hydroxylation sites is 1. The number of nitrogens with zero attached hydrogens (tertiary/aromatic N) is 2. The molecule has 0 aliphatic carbocycles. The minimum atomic E-state index is 0.167. The molecule has 1 aliphatic rings. The van der Waals surface area contributed by atoms with Gasteiger partial charge in [0.05, 0.1) is 19.7 Å². The summed E-state index contributed by atoms with van der Waals surface area (Å²) in [5.41, 5.74) is 5.20. The van der Waals surface area contributed by atoms with Crippen molar-refractivity contribution in [1.82, 2.24) is 14.9 Å². The molecule has 4 aromatic rings. The van der Waals surface area contributed by atoms with Gasteiger partial charge in [0.1, 0.15) is 10.8 Å². The smallest absolute Gasteiger partial charge is 0.119 e. The Hall–Kier alpha value is -2.63. The molecule has 0 saturated heterocycles. The van der Waals surface area contributed by atoms with Gasteiger partial charge in [0.2, 0.25) is 0 Å². The Kier molecular flexibility index (Phi) is 4.19. The van der Waals surface area contributed by atoms with E-state index in [0.29, 0.717) is 0 Å². The van der Waals surface area contributed by atoms with E-state index in [1.165, 1.54) is 27.7 Å². The standard InChI is InChI=1S/C22H21N3OS/c1-26-16-6-4-5-15(13-16)22-21-18(17-7-2-3-8-19(17)24-21)9-11-25(22)14-20-23-10-12-27-20/h2-8,10,12-13,22,24H,9,11,14H2,1H3/t22-/m1/s1. The van der Waals surface area contributed by atoms with E-state index < -0.39 is 0 Å². The van der Waals surface area contributed by atoms with Crippen molar-refractivity contribution in [3.8, 4) is 5.75 Å². The minimum Gasteiger partial charge on any atom is -0.497 e. The highest BCUT2D eigenvalue weighted by Gasteiger charge is 2.32. The molecule has 5 heteroatoms. The fraction of sp³-hybridized carbons (Fsp3) is 0.227. The number of H-pyrrole nitrogens is 1. The molecule has 0 fully saturated rings. The van der Waals surface area contributed by atoms with Crippen LogP contribution in [0.1, 0.15) is 27.9 Å². The molecule has 2 aromatic heterocycles. The molecule has 27 heavy (non-hydrogen) atoms. The van der Waals surface area contributed by atoms with Crippen LogP contribution in [0.15, 0.2) is 60.1 Å². The monoisotopic (exact) mass is 375 g/mol. The second-order valence-corrected chi connectivity index (χ2v) is 7.87. The maximum Gasteiger partial charge on any atom is 0.119 e. The summed E-state index contributed by atoms with van der Waals surface area (Å²) in [6, 6.07) is 17.2. The third kappa shape index (κ3) is 2.93. The maximum atomic E-state index is 5.49. The van der Waals surface area contributed by atoms with Crippen LogP contribution in [-0.2, 0) is 13.0 Å². The number of ether oxygens (including phenoxy) is 1. The Bertz CT molecular complexity index is 1070. The number of hydrogen-bond acceptors (Lipinski definition) is 4. The zero-order valence-electron chi connectivity index (χ0n) is 15.2. The second-order valence-electron chi connectivity index (χ2n) is 6.89. The summed E-state index contributed by atoms with van der Waals surface area (Å²) >= 11 is 1.72. The largest absolute Gasteiger partial charge is 0.497 e. The van der Waals surface area contributed by atoms with Crippen LogP contribution in [-0.4, -0.2) is 28.5 Å². The first-order valence-electron chi connectivity index (χ1n) is 9.19. The van der Waals surface area contributed by atoms with Gasteiger partial charge in [-0.1, -0.05) is 30.3 Å². The third-order valence-corrected chi connectivity index (χ3v) is 6.13. The van der Waals surface area contributed by atoms with E-state index in [-0.39, 0.29) is 6.04 Å². The number of methoxy groups -OCH3 is 1. The molecule has 2 aromatic carbocycles. The fourth-order valence-electron chi connectivity index (χ4n) is 4.15. The van der Waals surface area contributed by atoms with Crippen molar-refractivity contribution in [2.24, 2.45) is 0 Å². The van der Waals surface area contributed by atoms with Gasteiger partial charge >= 0.3 is 0 Å². The summed E-state index contributed by atoms with van der Waals surface area (Å²) in [7, 11) is 1.72. The van der Waals surface area contributed by atoms with Gasteiger partial charge in [-0.15, -0.1) is 11.3 Å². The predicted molar refractivity (Wildman–Crippen MR) is 109 cm³/mol. The number of aromatic amines is 1. The van der Waals surface area contributed by atoms with Crippen molar-refractivity contribution in [2.45, 2.75) is 19.0 Å². The lowest BCUT2D eigenvalue weighted by Gasteiger charge is -2.35. The number of nitrogens with one attached hydrogen (secondary N) is 1. The average molecular weight is 375 g/mol. The molecule has 0 spiro atoms. The lowest BCUT2D eigenvalue weighted by atomic mass is 9.92. The predicted octanol–water partition coefficient (Wildman–Crippen LogP) is 4.78. The molecule has 4 nitrogen and oxygen atoms in total. The zero-order valence-corrected chi connectivity index (χ0v) is 16.0. The molecule has 5 rings (SSSR count). The zero-order chi connectivity index (χ0) is 18.2. The van der Waals surface area contributed by atoms with Gasteiger partial charge in [0.25, 0.3) is 0 Å². The Balaban J connectivity index is 1.64. The SMILES string of the molecule is COc1cccc([C@@H]2c3[nH]c4ccccc4c3CCN2Cc2nccs2)c1. The van der Waals surface area contributed by atoms with Crippen molar-refractivity contribution in [3.05, 3.63) is 81.9 Å². The summed E-state index contributed by atoms with van der Waals surface area (Å²) in [4.78, 5) is 10.7. The van der Waals surface area contributed by atoms with Crippen LogP contribution in [0.4, 0.5) is 0 Å². The molecular weight excluding hydrogens is 354 g/mol. The van der Waals surface area contributed by atoms with Gasteiger partial charge in [0, 0.05) is 34.7 Å². The minimum absolute atomic E-state index is 0.167. The first-order valence-corrected chi connectivity index (χ1v) is 10.1. The van der Waals surface area contributed by atoms with Crippen molar-refractivity contribution in [2.75, 3.05) is 13.7 Å². The summed E-state index contributed by atoms with van der Waals surface area (Å²) < 4.78 is 5.49. The van der Waals surface area contributed by atoms with Crippen LogP contribution in [0.2, 0.25) is 0 Å². The van der Waals surface area contributed by atoms with E-state index in [9.17, 15) is 0 Å². The van der Waals surface area contributed by atoms with Crippen LogP contribution >= 0.6 is 11.3 Å². The molecule has 0 saturated carbocycles. The van der Waals surface area contributed by atoms with Gasteiger partial charge < -0.3 is 9.72 Å². The summed E-state index contributed by atoms with van der Waals surface area (Å²) in [5.74, 6) is 0.893. The van der Waals surface area contributed by atoms with E-state index in [0.717, 1.165) is 30.3 Å². The highest BCUT2D eigenvalue weighted by molar-refractivity contribution is 7.09. The molecule has 1 atom stereocenters. The van der Waals surface area contributed by atoms with E-state index in [4.69, 9.17) is 4.74 Å². The van der Waals surface area contributed by atoms with Crippen molar-refractivity contribution < 1.29 is 4.74 Å². The van der Waals surface area contributed by atoms with Crippen molar-refractivity contribution in [1.29, 1.82) is 0 Å². The number of benzene rings is 2. The van der Waals surface area contributed by atoms with Crippen LogP contribution in [0, 0.1) is 0 Å². The number of hydrogen-bond donors (Lipinski definition) is 1. The Morgan fingerprint density at radius 3 is 3.00 bits per heavy atom. The van der Waals surface area contributed by atoms with E-state index in [2.05, 4.69) is 57.3 Å². The van der Waals surface area contributed by atoms with Crippen LogP contribution < -0.4 is 4.74 Å². The van der Waals surface area contributed by atoms with E-state index >= 15 is 0 Å². The molecule has 1 N–H and O–H groups in total. The number of aromatic nitrogens is 2. The first-order chi connectivity index (χ1) is 13.3. The van der Waals surface area contributed by atoms with Gasteiger partial charge in [-0.25, -0.2) is 4.98 Å². The van der Waals surface area contributed by atoms with Crippen molar-refractivity contribution in [3.63, 3.8) is 0 Å². The van der Waals surface area contributed by atoms with Gasteiger partial charge in [-0.05, 0) is 35.7 Å². The Morgan fingerprint density at radius 1 is 1.22 bits per heavy atom. The van der Waals surface area contributed by atoms with Gasteiger partial charge in [0.15, 0.2) is 0 Å². The van der Waals surface area contributed by atoms with Crippen molar-refractivity contribution >= 4 is 22.2 Å². The Morgan fingerprint density at radius 2 is 2.15 bits per heavy atom. The number of thiazole rings is 1. The molecule has 0 unspecified atom stereocenters. The molecule has 0 bridgehead atoms. The highest BCUT2D eigenvalue weighted by atomic mass is 32.1. The molecule has 136 valence electrons. The molecule has 1 aliphatic heterocycles. The number of rotatable bonds is 4. The molecule has 0 amide bonds. The second kappa shape index (κ2) is 6.83. The molecular formula is C22H21N3OS. The van der Waals surface area contributed by atoms with Crippen LogP contribution in [0.25, 0.3) is 10.9 Å². The number of fused-ring (bicyclic) bond motifs is 3. The molecule has 0 radical (unpaired) electrons. The topological polar surface area (TPSA) is 41.1 Å². The van der Waals surface area contributed by atoms with Gasteiger partial charge in [-0.2, -0.15) is 0 Å². The normalized spacial score (nSPS) is 17.1. The first kappa shape index (κ1) is 16.5. The van der Waals surface area contributed by atoms with Gasteiger partial charge in [-0.3, -0.25) is 4.90 Å². The fourth-order valence-corrected chi connectivity index (χ4v) is 4.80. The van der Waals surface area contributed by atoms with Crippen LogP contribution in [0.5, 0.6) is 5.75 Å². The third-order valence-electron chi connectivity index (χ3n) is 5.37. The quantitative estimate of drug-likeness (QED) is 0.558. The highest BCUT2D eigenvalue weighted by Crippen LogP contribution is 2.39. The lowest BCUT2D eigenvalue weighted by molar-refractivity contribution is 0.201. The summed E-state index contributed by atoms with van der Waals surface area (Å²) in [6.07, 6.45) is 2.93. The van der Waals surface area contributed by atoms with E-state index in [1.54, 1.807) is 18.4 Å². The summed E-state index contributed by atoms with van der Waals surface area (Å²) in [5, 5.41) is 4.55. The maximum absolute atomic E-state index is 5.49. The molecule has 3 heterocycles. The average Bonchev–Trinajstić information content (AvgIpc) is 3.35. The van der Waals surface area contributed by atoms with Crippen LogP contribution in [0.3, 0.4) is 0 Å².